The van der Waals surface area contributed by atoms with E-state index < -0.39 is 17.3 Å². The predicted octanol–water partition coefficient (Wildman–Crippen LogP) is 4.40. The maximum Gasteiger partial charge on any atom is 0.310 e. The van der Waals surface area contributed by atoms with E-state index in [9.17, 15) is 19.5 Å². The monoisotopic (exact) mass is 627 g/mol. The second-order valence-corrected chi connectivity index (χ2v) is 13.8. The maximum atomic E-state index is 13.8. The van der Waals surface area contributed by atoms with Crippen molar-refractivity contribution < 1.29 is 29.0 Å². The number of aromatic nitrogens is 3. The third kappa shape index (κ3) is 5.69. The predicted molar refractivity (Wildman–Crippen MR) is 161 cm³/mol. The Labute approximate surface area is 262 Å². The largest absolute Gasteiger partial charge is 0.485 e. The highest BCUT2D eigenvalue weighted by Gasteiger charge is 2.51. The van der Waals surface area contributed by atoms with Gasteiger partial charge in [0.05, 0.1) is 24.0 Å². The van der Waals surface area contributed by atoms with Crippen molar-refractivity contribution in [2.24, 2.45) is 16.7 Å². The fourth-order valence-electron chi connectivity index (χ4n) is 7.44. The molecule has 44 heavy (non-hydrogen) atoms. The molecule has 3 aliphatic heterocycles. The molecule has 7 rings (SSSR count). The summed E-state index contributed by atoms with van der Waals surface area (Å²) < 4.78 is 13.7. The van der Waals surface area contributed by atoms with E-state index >= 15 is 0 Å². The normalized spacial score (nSPS) is 26.9. The molecule has 2 aliphatic carbocycles. The highest BCUT2D eigenvalue weighted by molar-refractivity contribution is 6.31. The first-order valence-electron chi connectivity index (χ1n) is 15.7. The number of carbonyl (C=O) groups is 3. The van der Waals surface area contributed by atoms with Gasteiger partial charge in [-0.1, -0.05) is 24.4 Å². The van der Waals surface area contributed by atoms with Gasteiger partial charge in [0.25, 0.3) is 0 Å². The summed E-state index contributed by atoms with van der Waals surface area (Å²) in [7, 11) is 1.90. The quantitative estimate of drug-likeness (QED) is 0.517. The van der Waals surface area contributed by atoms with E-state index in [1.54, 1.807) is 6.92 Å². The molecular weight excluding hydrogens is 586 g/mol. The van der Waals surface area contributed by atoms with Gasteiger partial charge in [0.1, 0.15) is 19.0 Å². The van der Waals surface area contributed by atoms with Crippen LogP contribution in [-0.2, 0) is 45.3 Å². The Hall–Kier alpha value is -3.18. The number of hydrogen-bond donors (Lipinski definition) is 1. The van der Waals surface area contributed by atoms with Crippen LogP contribution in [0.15, 0.2) is 12.1 Å². The zero-order chi connectivity index (χ0) is 31.2. The summed E-state index contributed by atoms with van der Waals surface area (Å²) in [6.45, 7) is 7.17. The minimum absolute atomic E-state index is 0.0924. The van der Waals surface area contributed by atoms with Crippen LogP contribution in [0.1, 0.15) is 87.6 Å². The van der Waals surface area contributed by atoms with Crippen LogP contribution >= 0.6 is 11.6 Å². The molecule has 2 aromatic rings. The molecule has 1 saturated heterocycles. The minimum atomic E-state index is -1.04. The zero-order valence-electron chi connectivity index (χ0n) is 25.8. The van der Waals surface area contributed by atoms with E-state index in [0.29, 0.717) is 67.7 Å². The van der Waals surface area contributed by atoms with E-state index in [2.05, 4.69) is 10.2 Å². The van der Waals surface area contributed by atoms with Gasteiger partial charge in [0.2, 0.25) is 11.8 Å². The van der Waals surface area contributed by atoms with Crippen LogP contribution in [0, 0.1) is 16.7 Å². The molecule has 11 nitrogen and oxygen atoms in total. The first-order valence-corrected chi connectivity index (χ1v) is 16.1. The number of hydrogen-bond acceptors (Lipinski definition) is 7. The van der Waals surface area contributed by atoms with E-state index in [0.717, 1.165) is 48.6 Å². The van der Waals surface area contributed by atoms with Gasteiger partial charge >= 0.3 is 5.97 Å². The SMILES string of the molecule is CC1c2c(OCc3nnc4n3CCOC4)ccc(Cl)c2CCN1C(=O)C1CCCC[C@]1(C)C(=O)O.CN1CC2(CC2)CC1=O. The number of halogens is 1. The average molecular weight is 628 g/mol. The number of carboxylic acids is 1. The number of amides is 2. The molecule has 2 unspecified atom stereocenters. The Kier molecular flexibility index (Phi) is 8.38. The van der Waals surface area contributed by atoms with Crippen molar-refractivity contribution in [3.63, 3.8) is 0 Å². The Morgan fingerprint density at radius 2 is 1.98 bits per heavy atom. The molecular formula is C32H42ClN5O6. The molecule has 238 valence electrons. The van der Waals surface area contributed by atoms with E-state index in [-0.39, 0.29) is 18.6 Å². The van der Waals surface area contributed by atoms with Crippen LogP contribution in [0.25, 0.3) is 0 Å². The Bertz CT molecular complexity index is 1460. The molecule has 0 radical (unpaired) electrons. The lowest BCUT2D eigenvalue weighted by atomic mass is 9.66. The van der Waals surface area contributed by atoms with Gasteiger partial charge in [-0.15, -0.1) is 10.2 Å². The van der Waals surface area contributed by atoms with Crippen molar-refractivity contribution in [2.75, 3.05) is 26.7 Å². The van der Waals surface area contributed by atoms with Crippen molar-refractivity contribution in [1.29, 1.82) is 0 Å². The summed E-state index contributed by atoms with van der Waals surface area (Å²) >= 11 is 6.56. The van der Waals surface area contributed by atoms with E-state index in [1.165, 1.54) is 12.8 Å². The van der Waals surface area contributed by atoms with Crippen LogP contribution in [0.2, 0.25) is 5.02 Å². The average Bonchev–Trinajstić information content (AvgIpc) is 3.52. The molecule has 3 fully saturated rings. The van der Waals surface area contributed by atoms with Gasteiger partial charge in [-0.25, -0.2) is 0 Å². The van der Waals surface area contributed by atoms with Gasteiger partial charge < -0.3 is 28.9 Å². The van der Waals surface area contributed by atoms with Gasteiger partial charge in [-0.05, 0) is 69.1 Å². The number of nitrogens with zero attached hydrogens (tertiary/aromatic N) is 5. The number of benzene rings is 1. The number of carboxylic acid groups (broad SMARTS) is 1. The summed E-state index contributed by atoms with van der Waals surface area (Å²) in [4.78, 5) is 40.5. The topological polar surface area (TPSA) is 127 Å². The van der Waals surface area contributed by atoms with E-state index in [4.69, 9.17) is 21.1 Å². The van der Waals surface area contributed by atoms with Crippen molar-refractivity contribution in [2.45, 2.75) is 91.0 Å². The second-order valence-electron chi connectivity index (χ2n) is 13.4. The third-order valence-electron chi connectivity index (χ3n) is 10.5. The molecule has 1 aromatic carbocycles. The molecule has 3 atom stereocenters. The fourth-order valence-corrected chi connectivity index (χ4v) is 7.70. The number of ether oxygens (including phenoxy) is 2. The number of likely N-dealkylation sites (tertiary alicyclic amines) is 1. The molecule has 12 heteroatoms. The second kappa shape index (κ2) is 12.0. The van der Waals surface area contributed by atoms with Crippen LogP contribution in [0.4, 0.5) is 0 Å². The van der Waals surface area contributed by atoms with Gasteiger partial charge in [-0.3, -0.25) is 14.4 Å². The van der Waals surface area contributed by atoms with Gasteiger partial charge in [0.15, 0.2) is 11.6 Å². The zero-order valence-corrected chi connectivity index (χ0v) is 26.6. The number of carbonyl (C=O) groups excluding carboxylic acids is 2. The molecule has 1 N–H and O–H groups in total. The standard InChI is InChI=1S/C25H31ClN4O5.C7H11NO/c1-15-22-16(8-10-29(15)23(31)17-5-3-4-9-25(17,2)24(32)33)18(26)6-7-19(22)35-14-21-28-27-20-13-34-12-11-30(20)21;1-8-5-7(2-3-7)4-6(8)9/h6-7,15,17H,3-5,8-14H2,1-2H3,(H,32,33);2-5H2,1H3/t15?,17?,25-;/m0./s1. The van der Waals surface area contributed by atoms with Gasteiger partial charge in [-0.2, -0.15) is 0 Å². The van der Waals surface area contributed by atoms with Crippen LogP contribution in [-0.4, -0.2) is 74.2 Å². The molecule has 0 bridgehead atoms. The van der Waals surface area contributed by atoms with Crippen molar-refractivity contribution >= 4 is 29.4 Å². The van der Waals surface area contributed by atoms with Crippen molar-refractivity contribution in [1.82, 2.24) is 24.6 Å². The molecule has 2 amide bonds. The Balaban J connectivity index is 0.000000323. The summed E-state index contributed by atoms with van der Waals surface area (Å²) in [5.41, 5.74) is 1.28. The molecule has 5 aliphatic rings. The summed E-state index contributed by atoms with van der Waals surface area (Å²) in [5, 5.41) is 19.0. The molecule has 1 spiro atoms. The summed E-state index contributed by atoms with van der Waals surface area (Å²) in [6.07, 6.45) is 6.79. The smallest absolute Gasteiger partial charge is 0.310 e. The summed E-state index contributed by atoms with van der Waals surface area (Å²) in [5.74, 6) is 0.983. The highest BCUT2D eigenvalue weighted by Crippen LogP contribution is 2.52. The summed E-state index contributed by atoms with van der Waals surface area (Å²) in [6, 6.07) is 3.38. The lowest BCUT2D eigenvalue weighted by Gasteiger charge is -2.43. The number of fused-ring (bicyclic) bond motifs is 2. The minimum Gasteiger partial charge on any atom is -0.485 e. The lowest BCUT2D eigenvalue weighted by molar-refractivity contribution is -0.162. The highest BCUT2D eigenvalue weighted by atomic mass is 35.5. The van der Waals surface area contributed by atoms with E-state index in [1.807, 2.05) is 40.5 Å². The Morgan fingerprint density at radius 1 is 1.18 bits per heavy atom. The van der Waals surface area contributed by atoms with Crippen LogP contribution < -0.4 is 4.74 Å². The molecule has 2 saturated carbocycles. The Morgan fingerprint density at radius 3 is 2.66 bits per heavy atom. The van der Waals surface area contributed by atoms with Crippen molar-refractivity contribution in [3.05, 3.63) is 39.9 Å². The van der Waals surface area contributed by atoms with Crippen LogP contribution in [0.3, 0.4) is 0 Å². The van der Waals surface area contributed by atoms with Crippen molar-refractivity contribution in [3.8, 4) is 5.75 Å². The number of rotatable bonds is 5. The lowest BCUT2D eigenvalue weighted by Crippen LogP contribution is -2.50. The molecule has 1 aromatic heterocycles. The fraction of sp³-hybridized carbons (Fsp3) is 0.656. The first kappa shape index (κ1) is 30.8. The van der Waals surface area contributed by atoms with Gasteiger partial charge in [0, 0.05) is 43.7 Å². The van der Waals surface area contributed by atoms with Crippen LogP contribution in [0.5, 0.6) is 5.75 Å². The molecule has 4 heterocycles. The maximum absolute atomic E-state index is 13.8. The third-order valence-corrected chi connectivity index (χ3v) is 10.8. The number of aliphatic carboxylic acids is 1. The first-order chi connectivity index (χ1) is 21.0.